The van der Waals surface area contributed by atoms with Crippen LogP contribution in [0.4, 0.5) is 5.69 Å². The van der Waals surface area contributed by atoms with Crippen LogP contribution in [0.2, 0.25) is 5.02 Å². The van der Waals surface area contributed by atoms with Gasteiger partial charge in [0.2, 0.25) is 17.7 Å². The Morgan fingerprint density at radius 1 is 1.05 bits per heavy atom. The smallest absolute Gasteiger partial charge is 0.250 e. The van der Waals surface area contributed by atoms with E-state index in [4.69, 9.17) is 21.4 Å². The van der Waals surface area contributed by atoms with Crippen molar-refractivity contribution in [3.05, 3.63) is 64.7 Å². The zero-order valence-corrected chi connectivity index (χ0v) is 24.6. The standard InChI is InChI=1S/C32H40ClN3O5/c1-3-31-16-17-32(41-31)25(24(31)28(38)34-20-22-13-7-6-8-14-22)30(40)36(18-9-4-5-10-19-37)27(32)29(39)35-26-21(2)12-11-15-23(26)33/h6-8,11-15,24-25,27,37H,3-5,9-10,16-20H2,1-2H3,(H,34,38)(H,35,39)/t24-,25+,27?,31+,32?/m1/s1. The minimum Gasteiger partial charge on any atom is -0.396 e. The number of hydrogen-bond acceptors (Lipinski definition) is 5. The molecular weight excluding hydrogens is 542 g/mol. The van der Waals surface area contributed by atoms with Crippen LogP contribution in [0, 0.1) is 18.8 Å². The molecule has 0 saturated carbocycles. The second-order valence-corrected chi connectivity index (χ2v) is 12.0. The fourth-order valence-electron chi connectivity index (χ4n) is 7.28. The third-order valence-corrected chi connectivity index (χ3v) is 9.61. The summed E-state index contributed by atoms with van der Waals surface area (Å²) in [6, 6.07) is 14.2. The number of amides is 3. The Balaban J connectivity index is 1.46. The summed E-state index contributed by atoms with van der Waals surface area (Å²) in [7, 11) is 0. The molecule has 8 nitrogen and oxygen atoms in total. The second kappa shape index (κ2) is 12.1. The lowest BCUT2D eigenvalue weighted by atomic mass is 9.65. The van der Waals surface area contributed by atoms with Crippen molar-refractivity contribution in [1.29, 1.82) is 0 Å². The number of para-hydroxylation sites is 1. The summed E-state index contributed by atoms with van der Waals surface area (Å²) in [5.41, 5.74) is 0.419. The van der Waals surface area contributed by atoms with Gasteiger partial charge in [-0.1, -0.05) is 73.8 Å². The van der Waals surface area contributed by atoms with Gasteiger partial charge in [-0.05, 0) is 56.2 Å². The zero-order valence-electron chi connectivity index (χ0n) is 23.8. The first-order valence-corrected chi connectivity index (χ1v) is 15.1. The number of aryl methyl sites for hydroxylation is 1. The molecule has 3 saturated heterocycles. The number of ether oxygens (including phenoxy) is 1. The number of rotatable bonds is 12. The molecule has 220 valence electrons. The number of carbonyl (C=O) groups excluding carboxylic acids is 3. The maximum atomic E-state index is 14.3. The number of carbonyl (C=O) groups is 3. The van der Waals surface area contributed by atoms with E-state index in [2.05, 4.69) is 10.6 Å². The molecule has 3 aliphatic rings. The average Bonchev–Trinajstić information content (AvgIpc) is 3.58. The van der Waals surface area contributed by atoms with Crippen molar-refractivity contribution < 1.29 is 24.2 Å². The van der Waals surface area contributed by atoms with Gasteiger partial charge in [0.25, 0.3) is 0 Å². The molecular formula is C32H40ClN3O5. The Morgan fingerprint density at radius 3 is 2.51 bits per heavy atom. The van der Waals surface area contributed by atoms with Crippen molar-refractivity contribution in [3.63, 3.8) is 0 Å². The Labute approximate surface area is 246 Å². The lowest BCUT2D eigenvalue weighted by Gasteiger charge is -2.34. The van der Waals surface area contributed by atoms with Crippen LogP contribution < -0.4 is 10.6 Å². The number of benzene rings is 2. The number of hydrogen-bond donors (Lipinski definition) is 3. The van der Waals surface area contributed by atoms with Crippen molar-refractivity contribution in [2.24, 2.45) is 11.8 Å². The van der Waals surface area contributed by atoms with Crippen LogP contribution in [0.1, 0.15) is 63.0 Å². The number of unbranched alkanes of at least 4 members (excludes halogenated alkanes) is 3. The normalized spacial score (nSPS) is 28.1. The highest BCUT2D eigenvalue weighted by atomic mass is 35.5. The van der Waals surface area contributed by atoms with Gasteiger partial charge in [0, 0.05) is 19.7 Å². The molecule has 5 rings (SSSR count). The van der Waals surface area contributed by atoms with Gasteiger partial charge in [0.1, 0.15) is 11.6 Å². The predicted octanol–water partition coefficient (Wildman–Crippen LogP) is 4.61. The number of halogens is 1. The van der Waals surface area contributed by atoms with Crippen LogP contribution >= 0.6 is 11.6 Å². The number of anilines is 1. The first kappa shape index (κ1) is 29.5. The molecule has 0 radical (unpaired) electrons. The Kier molecular flexibility index (Phi) is 8.73. The first-order valence-electron chi connectivity index (χ1n) is 14.8. The molecule has 3 heterocycles. The lowest BCUT2D eigenvalue weighted by molar-refractivity contribution is -0.146. The van der Waals surface area contributed by atoms with E-state index in [-0.39, 0.29) is 24.3 Å². The molecule has 3 aliphatic heterocycles. The summed E-state index contributed by atoms with van der Waals surface area (Å²) in [5.74, 6) is -2.18. The summed E-state index contributed by atoms with van der Waals surface area (Å²) >= 11 is 6.46. The first-order chi connectivity index (χ1) is 19.8. The van der Waals surface area contributed by atoms with Gasteiger partial charge in [-0.25, -0.2) is 0 Å². The second-order valence-electron chi connectivity index (χ2n) is 11.6. The Morgan fingerprint density at radius 2 is 1.80 bits per heavy atom. The number of fused-ring (bicyclic) bond motifs is 1. The Bertz CT molecular complexity index is 1270. The van der Waals surface area contributed by atoms with E-state index in [0.717, 1.165) is 24.0 Å². The highest BCUT2D eigenvalue weighted by molar-refractivity contribution is 6.34. The molecule has 2 aromatic rings. The van der Waals surface area contributed by atoms with Gasteiger partial charge >= 0.3 is 0 Å². The fourth-order valence-corrected chi connectivity index (χ4v) is 7.55. The van der Waals surface area contributed by atoms with Crippen LogP contribution in [-0.4, -0.2) is 58.1 Å². The molecule has 9 heteroatoms. The highest BCUT2D eigenvalue weighted by Gasteiger charge is 2.78. The third-order valence-electron chi connectivity index (χ3n) is 9.30. The molecule has 0 aromatic heterocycles. The number of likely N-dealkylation sites (tertiary alicyclic amines) is 1. The molecule has 2 bridgehead atoms. The van der Waals surface area contributed by atoms with Crippen LogP contribution in [0.5, 0.6) is 0 Å². The minimum absolute atomic E-state index is 0.128. The predicted molar refractivity (Wildman–Crippen MR) is 157 cm³/mol. The van der Waals surface area contributed by atoms with Gasteiger partial charge in [-0.2, -0.15) is 0 Å². The van der Waals surface area contributed by atoms with Crippen molar-refractivity contribution in [2.75, 3.05) is 18.5 Å². The lowest BCUT2D eigenvalue weighted by Crippen LogP contribution is -2.53. The van der Waals surface area contributed by atoms with Crippen LogP contribution in [0.3, 0.4) is 0 Å². The van der Waals surface area contributed by atoms with Crippen LogP contribution in [-0.2, 0) is 25.7 Å². The third kappa shape index (κ3) is 5.26. The van der Waals surface area contributed by atoms with Crippen molar-refractivity contribution in [1.82, 2.24) is 10.2 Å². The van der Waals surface area contributed by atoms with Crippen molar-refractivity contribution in [2.45, 2.75) is 82.6 Å². The fraction of sp³-hybridized carbons (Fsp3) is 0.531. The van der Waals surface area contributed by atoms with E-state index in [0.29, 0.717) is 55.9 Å². The van der Waals surface area contributed by atoms with Gasteiger partial charge in [-0.3, -0.25) is 14.4 Å². The maximum Gasteiger partial charge on any atom is 0.250 e. The van der Waals surface area contributed by atoms with Gasteiger partial charge in [0.05, 0.1) is 28.1 Å². The molecule has 41 heavy (non-hydrogen) atoms. The SMILES string of the molecule is CC[C@@]12CCC3(O1)C(C(=O)Nc1c(C)cccc1Cl)N(CCCCCCO)C(=O)[C@@H]3[C@@H]2C(=O)NCc1ccccc1. The summed E-state index contributed by atoms with van der Waals surface area (Å²) in [6.45, 7) is 4.72. The maximum absolute atomic E-state index is 14.3. The van der Waals surface area contributed by atoms with E-state index >= 15 is 0 Å². The molecule has 2 unspecified atom stereocenters. The number of aliphatic hydroxyl groups is 1. The number of nitrogens with one attached hydrogen (secondary N) is 2. The monoisotopic (exact) mass is 581 g/mol. The van der Waals surface area contributed by atoms with Crippen LogP contribution in [0.25, 0.3) is 0 Å². The van der Waals surface area contributed by atoms with Crippen molar-refractivity contribution in [3.8, 4) is 0 Å². The molecule has 3 amide bonds. The molecule has 1 spiro atoms. The highest BCUT2D eigenvalue weighted by Crippen LogP contribution is 2.64. The van der Waals surface area contributed by atoms with Crippen molar-refractivity contribution >= 4 is 35.0 Å². The molecule has 3 N–H and O–H groups in total. The number of aliphatic hydroxyl groups excluding tert-OH is 1. The summed E-state index contributed by atoms with van der Waals surface area (Å²) < 4.78 is 6.83. The largest absolute Gasteiger partial charge is 0.396 e. The number of nitrogens with zero attached hydrogens (tertiary/aromatic N) is 1. The zero-order chi connectivity index (χ0) is 29.2. The Hall–Kier alpha value is -2.94. The summed E-state index contributed by atoms with van der Waals surface area (Å²) in [4.78, 5) is 43.9. The minimum atomic E-state index is -1.09. The molecule has 5 atom stereocenters. The average molecular weight is 582 g/mol. The van der Waals surface area contributed by atoms with E-state index in [1.165, 1.54) is 0 Å². The topological polar surface area (TPSA) is 108 Å². The molecule has 3 fully saturated rings. The van der Waals surface area contributed by atoms with Gasteiger partial charge < -0.3 is 25.4 Å². The van der Waals surface area contributed by atoms with Gasteiger partial charge in [-0.15, -0.1) is 0 Å². The van der Waals surface area contributed by atoms with E-state index < -0.39 is 29.1 Å². The summed E-state index contributed by atoms with van der Waals surface area (Å²) in [5, 5.41) is 15.7. The summed E-state index contributed by atoms with van der Waals surface area (Å²) in [6.07, 6.45) is 4.75. The van der Waals surface area contributed by atoms with Crippen LogP contribution in [0.15, 0.2) is 48.5 Å². The molecule has 2 aromatic carbocycles. The van der Waals surface area contributed by atoms with Gasteiger partial charge in [0.15, 0.2) is 0 Å². The van der Waals surface area contributed by atoms with E-state index in [1.54, 1.807) is 11.0 Å². The molecule has 0 aliphatic carbocycles. The van der Waals surface area contributed by atoms with E-state index in [1.807, 2.05) is 56.3 Å². The van der Waals surface area contributed by atoms with E-state index in [9.17, 15) is 14.4 Å². The quantitative estimate of drug-likeness (QED) is 0.317.